The molecule has 88 heavy (non-hydrogen) atoms. The van der Waals surface area contributed by atoms with E-state index in [1.54, 1.807) is 43.3 Å². The number of aromatic nitrogens is 1. The third-order valence-corrected chi connectivity index (χ3v) is 27.8. The highest BCUT2D eigenvalue weighted by molar-refractivity contribution is 7.13. The van der Waals surface area contributed by atoms with Crippen molar-refractivity contribution in [3.8, 4) is 0 Å². The molecule has 0 radical (unpaired) electrons. The zero-order valence-corrected chi connectivity index (χ0v) is 63.4. The molecule has 3 saturated heterocycles. The third-order valence-electron chi connectivity index (χ3n) is 21.6. The first-order valence-corrected chi connectivity index (χ1v) is 36.9. The molecule has 0 unspecified atom stereocenters. The van der Waals surface area contributed by atoms with Crippen molar-refractivity contribution in [2.24, 2.45) is 21.7 Å². The number of carbonyl (C=O) groups excluding carboxylic acids is 3. The summed E-state index contributed by atoms with van der Waals surface area (Å²) >= 11 is 5.67. The van der Waals surface area contributed by atoms with E-state index in [4.69, 9.17) is 0 Å². The molecular formula is C78H122N4O3S3. The number of ketones is 3. The maximum Gasteiger partial charge on any atom is 0.181 e. The predicted octanol–water partition coefficient (Wildman–Crippen LogP) is 19.3. The number of H-pyrrole nitrogens is 1. The van der Waals surface area contributed by atoms with Gasteiger partial charge in [0, 0.05) is 86.7 Å². The van der Waals surface area contributed by atoms with Crippen LogP contribution in [-0.4, -0.2) is 97.4 Å². The minimum Gasteiger partial charge on any atom is -0.361 e. The summed E-state index contributed by atoms with van der Waals surface area (Å²) in [7, 11) is 6.41. The first-order chi connectivity index (χ1) is 40.0. The van der Waals surface area contributed by atoms with Crippen LogP contribution >= 0.6 is 34.0 Å². The molecular weight excluding hydrogens is 1140 g/mol. The summed E-state index contributed by atoms with van der Waals surface area (Å²) in [5.74, 6) is 0.599. The summed E-state index contributed by atoms with van der Waals surface area (Å²) in [5, 5.41) is 0. The molecule has 0 atom stereocenters. The summed E-state index contributed by atoms with van der Waals surface area (Å²) in [4.78, 5) is 58.8. The molecule has 4 fully saturated rings. The zero-order valence-electron chi connectivity index (χ0n) is 60.9. The van der Waals surface area contributed by atoms with Crippen LogP contribution < -0.4 is 0 Å². The van der Waals surface area contributed by atoms with E-state index in [1.165, 1.54) is 110 Å². The van der Waals surface area contributed by atoms with Gasteiger partial charge in [0.1, 0.15) is 5.41 Å². The lowest BCUT2D eigenvalue weighted by Crippen LogP contribution is -2.60. The van der Waals surface area contributed by atoms with Crippen LogP contribution in [0.4, 0.5) is 0 Å². The number of hydrogen-bond donors (Lipinski definition) is 1. The Labute approximate surface area is 548 Å². The van der Waals surface area contributed by atoms with E-state index in [1.807, 2.05) is 18.4 Å². The highest BCUT2D eigenvalue weighted by atomic mass is 32.1. The molecule has 7 nitrogen and oxygen atoms in total. The first-order valence-electron chi connectivity index (χ1n) is 34.4. The Morgan fingerprint density at radius 2 is 0.648 bits per heavy atom. The number of aromatic amines is 1. The van der Waals surface area contributed by atoms with E-state index < -0.39 is 5.41 Å². The molecule has 1 saturated carbocycles. The van der Waals surface area contributed by atoms with Crippen molar-refractivity contribution < 1.29 is 14.4 Å². The fourth-order valence-corrected chi connectivity index (χ4v) is 21.2. The number of carbonyl (C=O) groups is 3. The van der Waals surface area contributed by atoms with Crippen LogP contribution in [0.3, 0.4) is 0 Å². The van der Waals surface area contributed by atoms with Gasteiger partial charge in [-0.2, -0.15) is 0 Å². The largest absolute Gasteiger partial charge is 0.361 e. The lowest BCUT2D eigenvalue weighted by molar-refractivity contribution is 0.0270. The molecule has 8 aliphatic rings. The summed E-state index contributed by atoms with van der Waals surface area (Å²) in [5.41, 5.74) is 15.1. The second kappa shape index (κ2) is 23.0. The molecule has 10 heteroatoms. The maximum atomic E-state index is 13.5. The molecule has 1 N–H and O–H groups in total. The van der Waals surface area contributed by atoms with Crippen LogP contribution in [0.25, 0.3) is 0 Å². The number of likely N-dealkylation sites (tertiary alicyclic amines) is 3. The van der Waals surface area contributed by atoms with Crippen LogP contribution in [0.5, 0.6) is 0 Å². The van der Waals surface area contributed by atoms with Crippen LogP contribution in [0.2, 0.25) is 0 Å². The molecule has 4 aromatic heterocycles. The minimum absolute atomic E-state index is 0.0465. The van der Waals surface area contributed by atoms with E-state index in [2.05, 4.69) is 211 Å². The number of Topliss-reactive ketones (excluding diaryl/α,β-unsaturated/α-hetero) is 3. The molecule has 4 spiro atoms. The van der Waals surface area contributed by atoms with Crippen LogP contribution in [0.1, 0.15) is 323 Å². The smallest absolute Gasteiger partial charge is 0.181 e. The molecule has 3 aliphatic heterocycles. The van der Waals surface area contributed by atoms with Gasteiger partial charge >= 0.3 is 0 Å². The quantitative estimate of drug-likeness (QED) is 0.177. The van der Waals surface area contributed by atoms with Crippen LogP contribution in [0, 0.1) is 21.7 Å². The van der Waals surface area contributed by atoms with Gasteiger partial charge in [-0.15, -0.1) is 34.0 Å². The average Bonchev–Trinajstić information content (AvgIpc) is 1.58. The number of fused-ring (bicyclic) bond motifs is 4. The van der Waals surface area contributed by atoms with Gasteiger partial charge in [0.15, 0.2) is 17.3 Å². The molecule has 7 heterocycles. The van der Waals surface area contributed by atoms with Crippen LogP contribution in [-0.2, 0) is 75.4 Å². The second-order valence-electron chi connectivity index (χ2n) is 38.2. The highest BCUT2D eigenvalue weighted by Gasteiger charge is 2.62. The van der Waals surface area contributed by atoms with Crippen molar-refractivity contribution in [2.75, 3.05) is 60.4 Å². The zero-order chi connectivity index (χ0) is 65.7. The number of rotatable bonds is 0. The standard InChI is InChI=1S/C20H31NOS.C20H33NS.C20H33N.C18H25NO2S/c1-18(2,3)16-13-12-20(8-10-21(7)11-9-20)15(22)14(13)17(23-16)19(4,5)6;1-18(2,3)16-14-12-20(8-10-21(7)11-9-20)13-15(14)17(22-16)19(4,5)6;1-18(2,3)16-14-12-20(10-8-7-9-11-20)13-15(14)17(21-16)19(4,5)6;1-16(2,3)14-10-11(15(22-14)17(4,5)6)13(21)18(12(10)20)8-19(7)9-18/h8-12H2,1-7H3;8-13H2,1-7H3;21H,7-13H2,1-6H3;8-9H2,1-7H3. The van der Waals surface area contributed by atoms with E-state index in [0.717, 1.165) is 58.8 Å². The number of hydrogen-bond acceptors (Lipinski definition) is 9. The Morgan fingerprint density at radius 1 is 0.330 bits per heavy atom. The Kier molecular flexibility index (Phi) is 18.2. The Bertz CT molecular complexity index is 3150. The lowest BCUT2D eigenvalue weighted by Gasteiger charge is -2.43. The molecule has 0 bridgehead atoms. The van der Waals surface area contributed by atoms with E-state index in [-0.39, 0.29) is 60.3 Å². The minimum atomic E-state index is -0.784. The Balaban J connectivity index is 0.000000140. The van der Waals surface area contributed by atoms with Crippen molar-refractivity contribution in [1.82, 2.24) is 19.7 Å². The van der Waals surface area contributed by atoms with Gasteiger partial charge in [-0.3, -0.25) is 14.4 Å². The van der Waals surface area contributed by atoms with Gasteiger partial charge in [-0.25, -0.2) is 0 Å². The lowest BCUT2D eigenvalue weighted by atomic mass is 9.71. The number of piperidine rings is 2. The molecule has 4 aromatic rings. The molecule has 0 amide bonds. The number of thiophene rings is 3. The Hall–Kier alpha value is -2.73. The third kappa shape index (κ3) is 13.0. The summed E-state index contributed by atoms with van der Waals surface area (Å²) in [6.45, 7) is 60.7. The summed E-state index contributed by atoms with van der Waals surface area (Å²) in [6, 6.07) is 0. The van der Waals surface area contributed by atoms with Crippen molar-refractivity contribution in [3.05, 3.63) is 85.2 Å². The van der Waals surface area contributed by atoms with Crippen molar-refractivity contribution in [1.29, 1.82) is 0 Å². The van der Waals surface area contributed by atoms with Crippen molar-refractivity contribution in [3.63, 3.8) is 0 Å². The van der Waals surface area contributed by atoms with E-state index >= 15 is 0 Å². The average molecular weight is 1260 g/mol. The van der Waals surface area contributed by atoms with Gasteiger partial charge in [-0.05, 0) is 189 Å². The van der Waals surface area contributed by atoms with Gasteiger partial charge in [-0.1, -0.05) is 185 Å². The van der Waals surface area contributed by atoms with E-state index in [0.29, 0.717) is 29.7 Å². The van der Waals surface area contributed by atoms with Crippen LogP contribution in [0.15, 0.2) is 0 Å². The second-order valence-corrected chi connectivity index (χ2v) is 41.3. The van der Waals surface area contributed by atoms with Gasteiger partial charge in [0.2, 0.25) is 0 Å². The van der Waals surface area contributed by atoms with Gasteiger partial charge in [0.25, 0.3) is 0 Å². The van der Waals surface area contributed by atoms with Gasteiger partial charge < -0.3 is 19.7 Å². The Morgan fingerprint density at radius 3 is 1.01 bits per heavy atom. The van der Waals surface area contributed by atoms with Crippen molar-refractivity contribution >= 4 is 51.4 Å². The van der Waals surface area contributed by atoms with Crippen molar-refractivity contribution in [2.45, 2.75) is 299 Å². The number of nitrogens with zero attached hydrogens (tertiary/aromatic N) is 3. The SMILES string of the molecule is CC(C)(C)c1[nH]c(C(C)(C)C)c2c1CC1(CCCCC1)C2.CN1CC2(C1)C(=O)c1c(C(C)(C)C)sc(C(C)(C)C)c1C2=O.CN1CCC2(CC1)Cc1c(C(C)(C)C)sc(C(C)(C)C)c1C2.CN1CCC2(CC1)Cc1c(C(C)(C)C)sc(C(C)(C)C)c1C2=O. The fourth-order valence-electron chi connectivity index (χ4n) is 16.9. The first kappa shape index (κ1) is 69.6. The molecule has 0 aromatic carbocycles. The molecule has 5 aliphatic carbocycles. The summed E-state index contributed by atoms with van der Waals surface area (Å²) < 4.78 is 0. The van der Waals surface area contributed by atoms with E-state index in [9.17, 15) is 14.4 Å². The maximum absolute atomic E-state index is 13.5. The normalized spacial score (nSPS) is 21.9. The topological polar surface area (TPSA) is 76.7 Å². The molecule has 490 valence electrons. The summed E-state index contributed by atoms with van der Waals surface area (Å²) in [6.07, 6.45) is 18.4. The van der Waals surface area contributed by atoms with Gasteiger partial charge in [0.05, 0.1) is 0 Å². The predicted molar refractivity (Wildman–Crippen MR) is 379 cm³/mol. The number of nitrogens with one attached hydrogen (secondary N) is 1. The fraction of sp³-hybridized carbons (Fsp3) is 0.756. The highest BCUT2D eigenvalue weighted by Crippen LogP contribution is 2.58. The monoisotopic (exact) mass is 1260 g/mol. The molecule has 12 rings (SSSR count).